The number of fused-ring (bicyclic) bond motifs is 1. The van der Waals surface area contributed by atoms with Crippen LogP contribution >= 0.6 is 0 Å². The summed E-state index contributed by atoms with van der Waals surface area (Å²) in [6.07, 6.45) is 1.44. The number of Topliss-reactive ketones (excluding diaryl/α,β-unsaturated/α-hetero) is 1. The molecule has 2 aromatic rings. The number of rotatable bonds is 8. The molecule has 140 valence electrons. The van der Waals surface area contributed by atoms with Crippen molar-refractivity contribution in [1.29, 1.82) is 0 Å². The second kappa shape index (κ2) is 8.60. The molecule has 0 aromatic carbocycles. The molecule has 0 atom stereocenters. The van der Waals surface area contributed by atoms with Gasteiger partial charge in [0.15, 0.2) is 11.7 Å². The largest absolute Gasteiger partial charge is 0.465 e. The van der Waals surface area contributed by atoms with Crippen molar-refractivity contribution >= 4 is 23.2 Å². The highest BCUT2D eigenvalue weighted by Crippen LogP contribution is 2.26. The summed E-state index contributed by atoms with van der Waals surface area (Å²) in [5.74, 6) is -3.09. The molecular formula is C19H24N2O5. The molecule has 0 radical (unpaired) electrons. The van der Waals surface area contributed by atoms with E-state index in [4.69, 9.17) is 9.47 Å². The van der Waals surface area contributed by atoms with Gasteiger partial charge in [0, 0.05) is 12.6 Å². The van der Waals surface area contributed by atoms with Gasteiger partial charge < -0.3 is 9.47 Å². The first-order valence-electron chi connectivity index (χ1n) is 8.74. The third-order valence-electron chi connectivity index (χ3n) is 3.92. The Hall–Kier alpha value is -2.70. The fourth-order valence-corrected chi connectivity index (χ4v) is 2.74. The highest BCUT2D eigenvalue weighted by molar-refractivity contribution is 6.08. The van der Waals surface area contributed by atoms with Crippen LogP contribution < -0.4 is 0 Å². The summed E-state index contributed by atoms with van der Waals surface area (Å²) in [6.45, 7) is 7.40. The number of ether oxygens (including phenoxy) is 2. The molecule has 7 heteroatoms. The predicted molar refractivity (Wildman–Crippen MR) is 95.0 cm³/mol. The Morgan fingerprint density at radius 1 is 1.08 bits per heavy atom. The van der Waals surface area contributed by atoms with Gasteiger partial charge in [0.1, 0.15) is 0 Å². The van der Waals surface area contributed by atoms with Crippen LogP contribution in [0.4, 0.5) is 0 Å². The van der Waals surface area contributed by atoms with Crippen LogP contribution in [0, 0.1) is 5.92 Å². The average Bonchev–Trinajstić information content (AvgIpc) is 2.99. The van der Waals surface area contributed by atoms with Gasteiger partial charge in [-0.05, 0) is 31.9 Å². The maximum atomic E-state index is 13.0. The van der Waals surface area contributed by atoms with Crippen molar-refractivity contribution in [2.45, 2.75) is 40.0 Å². The summed E-state index contributed by atoms with van der Waals surface area (Å²) >= 11 is 0. The van der Waals surface area contributed by atoms with Gasteiger partial charge in [0.2, 0.25) is 0 Å². The molecule has 0 fully saturated rings. The molecule has 0 spiro atoms. The van der Waals surface area contributed by atoms with E-state index >= 15 is 0 Å². The molecule has 2 heterocycles. The maximum Gasteiger partial charge on any atom is 0.320 e. The van der Waals surface area contributed by atoms with Crippen molar-refractivity contribution in [1.82, 2.24) is 9.61 Å². The Bertz CT molecular complexity index is 791. The molecule has 0 saturated heterocycles. The summed E-state index contributed by atoms with van der Waals surface area (Å²) < 4.78 is 11.5. The second-order valence-electron chi connectivity index (χ2n) is 6.13. The van der Waals surface area contributed by atoms with E-state index in [0.717, 1.165) is 0 Å². The van der Waals surface area contributed by atoms with Gasteiger partial charge in [-0.15, -0.1) is 0 Å². The number of ketones is 1. The molecule has 0 saturated carbocycles. The predicted octanol–water partition coefficient (Wildman–Crippen LogP) is 2.77. The Labute approximate surface area is 152 Å². The van der Waals surface area contributed by atoms with Crippen molar-refractivity contribution in [2.75, 3.05) is 13.2 Å². The van der Waals surface area contributed by atoms with E-state index in [2.05, 4.69) is 5.10 Å². The van der Waals surface area contributed by atoms with Crippen molar-refractivity contribution < 1.29 is 23.9 Å². The van der Waals surface area contributed by atoms with Crippen LogP contribution in [0.15, 0.2) is 24.4 Å². The van der Waals surface area contributed by atoms with Crippen LogP contribution in [-0.4, -0.2) is 40.5 Å². The van der Waals surface area contributed by atoms with Crippen LogP contribution in [0.3, 0.4) is 0 Å². The van der Waals surface area contributed by atoms with Crippen molar-refractivity contribution in [2.24, 2.45) is 5.92 Å². The first kappa shape index (κ1) is 19.6. The summed E-state index contributed by atoms with van der Waals surface area (Å²) in [6, 6.07) is 5.42. The minimum absolute atomic E-state index is 0.0116. The Morgan fingerprint density at radius 3 is 2.23 bits per heavy atom. The molecule has 0 aliphatic heterocycles. The third-order valence-corrected chi connectivity index (χ3v) is 3.92. The smallest absolute Gasteiger partial charge is 0.320 e. The SMILES string of the molecule is CCOC(=O)C(CC(=O)c1c(C(C)C)nn2ccccc12)C(=O)OCC. The first-order chi connectivity index (χ1) is 12.4. The Kier molecular flexibility index (Phi) is 6.49. The second-order valence-corrected chi connectivity index (χ2v) is 6.13. The number of carbonyl (C=O) groups is 3. The first-order valence-corrected chi connectivity index (χ1v) is 8.74. The highest BCUT2D eigenvalue weighted by atomic mass is 16.6. The molecule has 0 aliphatic rings. The van der Waals surface area contributed by atoms with Crippen LogP contribution in [0.25, 0.3) is 5.52 Å². The number of hydrogen-bond donors (Lipinski definition) is 0. The molecule has 0 amide bonds. The third kappa shape index (κ3) is 4.09. The molecule has 7 nitrogen and oxygen atoms in total. The molecular weight excluding hydrogens is 336 g/mol. The van der Waals surface area contributed by atoms with E-state index in [1.807, 2.05) is 26.0 Å². The van der Waals surface area contributed by atoms with Gasteiger partial charge >= 0.3 is 11.9 Å². The van der Waals surface area contributed by atoms with E-state index in [9.17, 15) is 14.4 Å². The number of aromatic nitrogens is 2. The van der Waals surface area contributed by atoms with Crippen LogP contribution in [0.5, 0.6) is 0 Å². The monoisotopic (exact) mass is 360 g/mol. The van der Waals surface area contributed by atoms with Gasteiger partial charge in [-0.3, -0.25) is 14.4 Å². The minimum atomic E-state index is -1.28. The molecule has 26 heavy (non-hydrogen) atoms. The van der Waals surface area contributed by atoms with E-state index in [-0.39, 0.29) is 31.3 Å². The lowest BCUT2D eigenvalue weighted by molar-refractivity contribution is -0.161. The molecule has 0 unspecified atom stereocenters. The van der Waals surface area contributed by atoms with Gasteiger partial charge in [0.25, 0.3) is 0 Å². The average molecular weight is 360 g/mol. The number of esters is 2. The summed E-state index contributed by atoms with van der Waals surface area (Å²) in [5, 5.41) is 4.47. The van der Waals surface area contributed by atoms with Crippen molar-refractivity contribution in [3.05, 3.63) is 35.7 Å². The lowest BCUT2D eigenvalue weighted by Crippen LogP contribution is -2.30. The normalized spacial score (nSPS) is 11.2. The maximum absolute atomic E-state index is 13.0. The number of pyridine rings is 1. The van der Waals surface area contributed by atoms with Crippen molar-refractivity contribution in [3.8, 4) is 0 Å². The Balaban J connectivity index is 2.40. The van der Waals surface area contributed by atoms with Crippen LogP contribution in [-0.2, 0) is 19.1 Å². The standard InChI is InChI=1S/C19H24N2O5/c1-5-25-18(23)13(19(24)26-6-2)11-15(22)16-14-9-7-8-10-21(14)20-17(16)12(3)4/h7-10,12-13H,5-6,11H2,1-4H3. The number of hydrogen-bond acceptors (Lipinski definition) is 6. The van der Waals surface area contributed by atoms with Gasteiger partial charge in [-0.1, -0.05) is 19.9 Å². The van der Waals surface area contributed by atoms with Gasteiger partial charge in [-0.2, -0.15) is 5.10 Å². The lowest BCUT2D eigenvalue weighted by Gasteiger charge is -2.14. The highest BCUT2D eigenvalue weighted by Gasteiger charge is 2.34. The Morgan fingerprint density at radius 2 is 1.69 bits per heavy atom. The molecule has 2 aromatic heterocycles. The summed E-state index contributed by atoms with van der Waals surface area (Å²) in [4.78, 5) is 37.3. The number of carbonyl (C=O) groups excluding carboxylic acids is 3. The quantitative estimate of drug-likeness (QED) is 0.409. The summed E-state index contributed by atoms with van der Waals surface area (Å²) in [7, 11) is 0. The zero-order valence-corrected chi connectivity index (χ0v) is 15.5. The molecule has 2 rings (SSSR count). The van der Waals surface area contributed by atoms with E-state index in [0.29, 0.717) is 16.8 Å². The fourth-order valence-electron chi connectivity index (χ4n) is 2.74. The molecule has 0 N–H and O–H groups in total. The van der Waals surface area contributed by atoms with Gasteiger partial charge in [-0.25, -0.2) is 4.52 Å². The van der Waals surface area contributed by atoms with E-state index < -0.39 is 17.9 Å². The van der Waals surface area contributed by atoms with Gasteiger partial charge in [0.05, 0.1) is 30.0 Å². The lowest BCUT2D eigenvalue weighted by atomic mass is 9.94. The van der Waals surface area contributed by atoms with Crippen LogP contribution in [0.1, 0.15) is 56.1 Å². The molecule has 0 aliphatic carbocycles. The molecule has 0 bridgehead atoms. The summed E-state index contributed by atoms with van der Waals surface area (Å²) in [5.41, 5.74) is 1.71. The van der Waals surface area contributed by atoms with Crippen molar-refractivity contribution in [3.63, 3.8) is 0 Å². The zero-order valence-electron chi connectivity index (χ0n) is 15.5. The fraction of sp³-hybridized carbons (Fsp3) is 0.474. The van der Waals surface area contributed by atoms with E-state index in [1.54, 1.807) is 30.6 Å². The number of nitrogens with zero attached hydrogens (tertiary/aromatic N) is 2. The van der Waals surface area contributed by atoms with Crippen LogP contribution in [0.2, 0.25) is 0 Å². The topological polar surface area (TPSA) is 87.0 Å². The minimum Gasteiger partial charge on any atom is -0.465 e. The van der Waals surface area contributed by atoms with E-state index in [1.165, 1.54) is 0 Å². The zero-order chi connectivity index (χ0) is 19.3.